The maximum absolute atomic E-state index is 5.81. The smallest absolute Gasteiger partial charge is 0.0810 e. The molecule has 0 radical (unpaired) electrons. The molecule has 0 aromatic carbocycles. The predicted molar refractivity (Wildman–Crippen MR) is 44.6 cm³/mol. The molecule has 2 rings (SSSR count). The first kappa shape index (κ1) is 7.56. The molecule has 2 fully saturated rings. The molecule has 0 amide bonds. The molecule has 64 valence electrons. The van der Waals surface area contributed by atoms with Gasteiger partial charge in [-0.3, -0.25) is 0 Å². The maximum Gasteiger partial charge on any atom is 0.0810 e. The SMILES string of the molecule is CN1CCCC2(CCCO2)C1. The summed E-state index contributed by atoms with van der Waals surface area (Å²) in [5.41, 5.74) is 0.271. The zero-order chi connectivity index (χ0) is 7.73. The minimum Gasteiger partial charge on any atom is -0.374 e. The van der Waals surface area contributed by atoms with Crippen molar-refractivity contribution in [3.8, 4) is 0 Å². The third-order valence-electron chi connectivity index (χ3n) is 2.92. The lowest BCUT2D eigenvalue weighted by Crippen LogP contribution is -2.45. The van der Waals surface area contributed by atoms with E-state index in [4.69, 9.17) is 4.74 Å². The molecule has 0 saturated carbocycles. The van der Waals surface area contributed by atoms with Gasteiger partial charge in [-0.15, -0.1) is 0 Å². The fraction of sp³-hybridized carbons (Fsp3) is 1.00. The quantitative estimate of drug-likeness (QED) is 0.522. The van der Waals surface area contributed by atoms with Gasteiger partial charge in [0.25, 0.3) is 0 Å². The van der Waals surface area contributed by atoms with Crippen LogP contribution in [0, 0.1) is 0 Å². The highest BCUT2D eigenvalue weighted by molar-refractivity contribution is 4.90. The van der Waals surface area contributed by atoms with Crippen LogP contribution in [0.15, 0.2) is 0 Å². The van der Waals surface area contributed by atoms with Crippen molar-refractivity contribution in [2.75, 3.05) is 26.7 Å². The van der Waals surface area contributed by atoms with Crippen molar-refractivity contribution in [1.29, 1.82) is 0 Å². The van der Waals surface area contributed by atoms with Crippen LogP contribution >= 0.6 is 0 Å². The number of hydrogen-bond donors (Lipinski definition) is 0. The van der Waals surface area contributed by atoms with E-state index in [1.54, 1.807) is 0 Å². The molecule has 2 heteroatoms. The molecule has 2 nitrogen and oxygen atoms in total. The second kappa shape index (κ2) is 2.76. The summed E-state index contributed by atoms with van der Waals surface area (Å²) in [4.78, 5) is 2.40. The summed E-state index contributed by atoms with van der Waals surface area (Å²) in [6.45, 7) is 3.41. The average Bonchev–Trinajstić information content (AvgIpc) is 2.37. The summed E-state index contributed by atoms with van der Waals surface area (Å²) < 4.78 is 5.81. The van der Waals surface area contributed by atoms with Crippen molar-refractivity contribution in [3.63, 3.8) is 0 Å². The molecule has 0 N–H and O–H groups in total. The summed E-state index contributed by atoms with van der Waals surface area (Å²) in [5.74, 6) is 0. The van der Waals surface area contributed by atoms with E-state index in [0.29, 0.717) is 0 Å². The molecule has 0 aromatic rings. The van der Waals surface area contributed by atoms with E-state index in [1.165, 1.54) is 32.2 Å². The van der Waals surface area contributed by atoms with Gasteiger partial charge in [0.1, 0.15) is 0 Å². The molecule has 2 aliphatic heterocycles. The van der Waals surface area contributed by atoms with Crippen LogP contribution in [0.5, 0.6) is 0 Å². The van der Waals surface area contributed by atoms with Crippen molar-refractivity contribution in [2.45, 2.75) is 31.3 Å². The van der Waals surface area contributed by atoms with Crippen molar-refractivity contribution in [1.82, 2.24) is 4.90 Å². The Bertz CT molecular complexity index is 140. The normalized spacial score (nSPS) is 40.1. The Kier molecular flexibility index (Phi) is 1.90. The van der Waals surface area contributed by atoms with Crippen molar-refractivity contribution in [2.24, 2.45) is 0 Å². The van der Waals surface area contributed by atoms with E-state index < -0.39 is 0 Å². The first-order chi connectivity index (χ1) is 5.31. The third kappa shape index (κ3) is 1.42. The Hall–Kier alpha value is -0.0800. The van der Waals surface area contributed by atoms with Crippen molar-refractivity contribution >= 4 is 0 Å². The largest absolute Gasteiger partial charge is 0.374 e. The van der Waals surface area contributed by atoms with E-state index in [0.717, 1.165) is 13.2 Å². The van der Waals surface area contributed by atoms with Gasteiger partial charge in [-0.1, -0.05) is 0 Å². The summed E-state index contributed by atoms with van der Waals surface area (Å²) in [7, 11) is 2.20. The fourth-order valence-corrected chi connectivity index (χ4v) is 2.40. The van der Waals surface area contributed by atoms with Crippen LogP contribution in [0.25, 0.3) is 0 Å². The highest BCUT2D eigenvalue weighted by Gasteiger charge is 2.37. The van der Waals surface area contributed by atoms with Crippen LogP contribution in [0.2, 0.25) is 0 Å². The van der Waals surface area contributed by atoms with Crippen LogP contribution in [0.4, 0.5) is 0 Å². The van der Waals surface area contributed by atoms with Gasteiger partial charge in [0.2, 0.25) is 0 Å². The summed E-state index contributed by atoms with van der Waals surface area (Å²) >= 11 is 0. The van der Waals surface area contributed by atoms with Gasteiger partial charge in [0.15, 0.2) is 0 Å². The molecule has 2 saturated heterocycles. The van der Waals surface area contributed by atoms with Gasteiger partial charge < -0.3 is 9.64 Å². The highest BCUT2D eigenvalue weighted by atomic mass is 16.5. The van der Waals surface area contributed by atoms with Gasteiger partial charge >= 0.3 is 0 Å². The Morgan fingerprint density at radius 3 is 2.73 bits per heavy atom. The van der Waals surface area contributed by atoms with Crippen LogP contribution in [-0.4, -0.2) is 37.2 Å². The zero-order valence-electron chi connectivity index (χ0n) is 7.31. The molecule has 11 heavy (non-hydrogen) atoms. The molecule has 1 spiro atoms. The second-order valence-electron chi connectivity index (χ2n) is 3.98. The van der Waals surface area contributed by atoms with E-state index >= 15 is 0 Å². The topological polar surface area (TPSA) is 12.5 Å². The summed E-state index contributed by atoms with van der Waals surface area (Å²) in [6, 6.07) is 0. The van der Waals surface area contributed by atoms with Crippen LogP contribution in [-0.2, 0) is 4.74 Å². The zero-order valence-corrected chi connectivity index (χ0v) is 7.31. The fourth-order valence-electron chi connectivity index (χ4n) is 2.40. The lowest BCUT2D eigenvalue weighted by Gasteiger charge is -2.37. The lowest BCUT2D eigenvalue weighted by molar-refractivity contribution is -0.0450. The first-order valence-electron chi connectivity index (χ1n) is 4.63. The third-order valence-corrected chi connectivity index (χ3v) is 2.92. The Morgan fingerprint density at radius 2 is 2.09 bits per heavy atom. The predicted octanol–water partition coefficient (Wildman–Crippen LogP) is 1.26. The van der Waals surface area contributed by atoms with Crippen LogP contribution < -0.4 is 0 Å². The molecule has 2 heterocycles. The molecule has 1 atom stereocenters. The Labute approximate surface area is 68.5 Å². The lowest BCUT2D eigenvalue weighted by atomic mass is 9.90. The standard InChI is InChI=1S/C9H17NO/c1-10-6-2-4-9(8-10)5-3-7-11-9/h2-8H2,1H3. The minimum atomic E-state index is 0.271. The van der Waals surface area contributed by atoms with E-state index in [-0.39, 0.29) is 5.60 Å². The number of rotatable bonds is 0. The van der Waals surface area contributed by atoms with Gasteiger partial charge in [-0.05, 0) is 39.3 Å². The maximum atomic E-state index is 5.81. The van der Waals surface area contributed by atoms with Crippen molar-refractivity contribution in [3.05, 3.63) is 0 Å². The van der Waals surface area contributed by atoms with Gasteiger partial charge in [-0.2, -0.15) is 0 Å². The second-order valence-corrected chi connectivity index (χ2v) is 3.98. The highest BCUT2D eigenvalue weighted by Crippen LogP contribution is 2.33. The van der Waals surface area contributed by atoms with E-state index in [9.17, 15) is 0 Å². The number of hydrogen-bond acceptors (Lipinski definition) is 2. The average molecular weight is 155 g/mol. The Morgan fingerprint density at radius 1 is 1.27 bits per heavy atom. The number of likely N-dealkylation sites (N-methyl/N-ethyl adjacent to an activating group) is 1. The van der Waals surface area contributed by atoms with E-state index in [2.05, 4.69) is 11.9 Å². The summed E-state index contributed by atoms with van der Waals surface area (Å²) in [5, 5.41) is 0. The summed E-state index contributed by atoms with van der Waals surface area (Å²) in [6.07, 6.45) is 5.17. The molecule has 0 aromatic heterocycles. The number of ether oxygens (including phenoxy) is 1. The monoisotopic (exact) mass is 155 g/mol. The number of piperidine rings is 1. The first-order valence-corrected chi connectivity index (χ1v) is 4.63. The van der Waals surface area contributed by atoms with Crippen LogP contribution in [0.3, 0.4) is 0 Å². The molecule has 0 aliphatic carbocycles. The van der Waals surface area contributed by atoms with Gasteiger partial charge in [0.05, 0.1) is 5.60 Å². The molecule has 1 unspecified atom stereocenters. The molecular weight excluding hydrogens is 138 g/mol. The molecule has 2 aliphatic rings. The van der Waals surface area contributed by atoms with E-state index in [1.807, 2.05) is 0 Å². The van der Waals surface area contributed by atoms with Gasteiger partial charge in [0, 0.05) is 13.2 Å². The Balaban J connectivity index is 2.00. The molecule has 0 bridgehead atoms. The number of nitrogens with zero attached hydrogens (tertiary/aromatic N) is 1. The van der Waals surface area contributed by atoms with Crippen LogP contribution in [0.1, 0.15) is 25.7 Å². The minimum absolute atomic E-state index is 0.271. The van der Waals surface area contributed by atoms with Gasteiger partial charge in [-0.25, -0.2) is 0 Å². The number of likely N-dealkylation sites (tertiary alicyclic amines) is 1. The van der Waals surface area contributed by atoms with Crippen molar-refractivity contribution < 1.29 is 4.74 Å². The molecular formula is C9H17NO.